The van der Waals surface area contributed by atoms with Gasteiger partial charge in [-0.3, -0.25) is 4.57 Å². The van der Waals surface area contributed by atoms with Crippen molar-refractivity contribution in [2.75, 3.05) is 44.3 Å². The molecule has 4 heterocycles. The Morgan fingerprint density at radius 3 is 2.52 bits per heavy atom. The lowest BCUT2D eigenvalue weighted by Gasteiger charge is -2.38. The molecule has 29 heavy (non-hydrogen) atoms. The van der Waals surface area contributed by atoms with Crippen molar-refractivity contribution < 1.29 is 19.0 Å². The molecule has 2 fully saturated rings. The van der Waals surface area contributed by atoms with Gasteiger partial charge in [-0.1, -0.05) is 0 Å². The number of carbonyl (C=O) groups excluding carboxylic acids is 1. The molecule has 158 valence electrons. The smallest absolute Gasteiger partial charge is 0.410 e. The van der Waals surface area contributed by atoms with Crippen LogP contribution in [0.1, 0.15) is 20.8 Å². The number of hydrogen-bond acceptors (Lipinski definition) is 8. The maximum atomic E-state index is 12.1. The molecule has 1 amide bonds. The standard InChI is InChI=1S/C18H25ClN6O4/c1-18(2,3)29-17(26)25-9-11(10-25)28-16-20-12-13(23(16)4)21-15(19)22-14(12)24-5-7-27-8-6-24/h11H,5-10H2,1-4H3. The van der Waals surface area contributed by atoms with Crippen LogP contribution in [-0.2, 0) is 16.5 Å². The van der Waals surface area contributed by atoms with Gasteiger partial charge in [0.2, 0.25) is 5.28 Å². The average molecular weight is 425 g/mol. The summed E-state index contributed by atoms with van der Waals surface area (Å²) < 4.78 is 18.5. The molecule has 0 bridgehead atoms. The minimum Gasteiger partial charge on any atom is -0.458 e. The van der Waals surface area contributed by atoms with Crippen LogP contribution in [0.4, 0.5) is 10.6 Å². The van der Waals surface area contributed by atoms with Gasteiger partial charge in [-0.15, -0.1) is 0 Å². The first kappa shape index (κ1) is 20.0. The van der Waals surface area contributed by atoms with E-state index in [4.69, 9.17) is 25.8 Å². The average Bonchev–Trinajstić information content (AvgIpc) is 2.92. The molecular formula is C18H25ClN6O4. The van der Waals surface area contributed by atoms with E-state index in [2.05, 4.69) is 19.9 Å². The van der Waals surface area contributed by atoms with Crippen molar-refractivity contribution >= 4 is 34.7 Å². The predicted octanol–water partition coefficient (Wildman–Crippen LogP) is 1.85. The molecule has 11 heteroatoms. The molecule has 0 spiro atoms. The molecule has 2 aliphatic heterocycles. The van der Waals surface area contributed by atoms with Gasteiger partial charge in [0.15, 0.2) is 17.0 Å². The van der Waals surface area contributed by atoms with Crippen molar-refractivity contribution in [3.63, 3.8) is 0 Å². The highest BCUT2D eigenvalue weighted by atomic mass is 35.5. The minimum absolute atomic E-state index is 0.159. The van der Waals surface area contributed by atoms with Crippen LogP contribution in [-0.4, -0.2) is 81.6 Å². The van der Waals surface area contributed by atoms with Crippen LogP contribution in [0.5, 0.6) is 6.01 Å². The molecule has 2 saturated heterocycles. The molecule has 10 nitrogen and oxygen atoms in total. The van der Waals surface area contributed by atoms with Crippen molar-refractivity contribution in [3.8, 4) is 6.01 Å². The van der Waals surface area contributed by atoms with E-state index in [-0.39, 0.29) is 17.5 Å². The van der Waals surface area contributed by atoms with E-state index in [9.17, 15) is 4.79 Å². The van der Waals surface area contributed by atoms with E-state index in [1.807, 2.05) is 27.8 Å². The van der Waals surface area contributed by atoms with E-state index in [0.717, 1.165) is 0 Å². The van der Waals surface area contributed by atoms with Gasteiger partial charge in [0.1, 0.15) is 11.7 Å². The molecule has 0 aromatic carbocycles. The first-order valence-electron chi connectivity index (χ1n) is 9.58. The Hall–Kier alpha value is -2.33. The Kier molecular flexibility index (Phi) is 5.16. The third kappa shape index (κ3) is 4.18. The highest BCUT2D eigenvalue weighted by Crippen LogP contribution is 2.29. The number of fused-ring (bicyclic) bond motifs is 1. The Morgan fingerprint density at radius 2 is 1.86 bits per heavy atom. The van der Waals surface area contributed by atoms with Gasteiger partial charge in [0.25, 0.3) is 6.01 Å². The Balaban J connectivity index is 1.49. The first-order valence-corrected chi connectivity index (χ1v) is 9.96. The number of rotatable bonds is 3. The summed E-state index contributed by atoms with van der Waals surface area (Å²) >= 11 is 6.16. The summed E-state index contributed by atoms with van der Waals surface area (Å²) in [7, 11) is 1.82. The maximum absolute atomic E-state index is 12.1. The van der Waals surface area contributed by atoms with Gasteiger partial charge in [-0.25, -0.2) is 4.79 Å². The third-order valence-electron chi connectivity index (χ3n) is 4.71. The van der Waals surface area contributed by atoms with Gasteiger partial charge in [-0.05, 0) is 32.4 Å². The maximum Gasteiger partial charge on any atom is 0.410 e. The number of nitrogens with zero attached hydrogens (tertiary/aromatic N) is 6. The van der Waals surface area contributed by atoms with Gasteiger partial charge >= 0.3 is 6.09 Å². The summed E-state index contributed by atoms with van der Waals surface area (Å²) in [6.45, 7) is 9.10. The molecule has 2 aromatic rings. The van der Waals surface area contributed by atoms with Crippen molar-refractivity contribution in [2.24, 2.45) is 7.05 Å². The van der Waals surface area contributed by atoms with Crippen molar-refractivity contribution in [1.29, 1.82) is 0 Å². The molecule has 0 N–H and O–H groups in total. The number of aromatic nitrogens is 4. The normalized spacial score (nSPS) is 18.1. The van der Waals surface area contributed by atoms with Crippen LogP contribution in [0.2, 0.25) is 5.28 Å². The van der Waals surface area contributed by atoms with Crippen LogP contribution >= 0.6 is 11.6 Å². The van der Waals surface area contributed by atoms with E-state index in [0.29, 0.717) is 62.4 Å². The van der Waals surface area contributed by atoms with E-state index in [1.54, 1.807) is 9.47 Å². The van der Waals surface area contributed by atoms with Gasteiger partial charge in [0.05, 0.1) is 26.3 Å². The van der Waals surface area contributed by atoms with Gasteiger partial charge in [0, 0.05) is 20.1 Å². The Morgan fingerprint density at radius 1 is 1.17 bits per heavy atom. The fourth-order valence-electron chi connectivity index (χ4n) is 3.24. The highest BCUT2D eigenvalue weighted by Gasteiger charge is 2.36. The first-order chi connectivity index (χ1) is 13.7. The summed E-state index contributed by atoms with van der Waals surface area (Å²) in [5.41, 5.74) is 0.718. The van der Waals surface area contributed by atoms with Crippen LogP contribution in [0, 0.1) is 0 Å². The monoisotopic (exact) mass is 424 g/mol. The second-order valence-corrected chi connectivity index (χ2v) is 8.50. The number of anilines is 1. The number of amides is 1. The molecule has 0 unspecified atom stereocenters. The third-order valence-corrected chi connectivity index (χ3v) is 4.88. The van der Waals surface area contributed by atoms with E-state index < -0.39 is 5.60 Å². The zero-order valence-electron chi connectivity index (χ0n) is 17.0. The Labute approximate surface area is 173 Å². The van der Waals surface area contributed by atoms with Crippen LogP contribution < -0.4 is 9.64 Å². The number of hydrogen-bond donors (Lipinski definition) is 0. The summed E-state index contributed by atoms with van der Waals surface area (Å²) in [5.74, 6) is 0.678. The second-order valence-electron chi connectivity index (χ2n) is 8.17. The second kappa shape index (κ2) is 7.49. The fourth-order valence-corrected chi connectivity index (χ4v) is 3.40. The van der Waals surface area contributed by atoms with Crippen molar-refractivity contribution in [1.82, 2.24) is 24.4 Å². The lowest BCUT2D eigenvalue weighted by molar-refractivity contribution is -0.0249. The van der Waals surface area contributed by atoms with Crippen LogP contribution in [0.15, 0.2) is 0 Å². The quantitative estimate of drug-likeness (QED) is 0.689. The molecule has 2 aromatic heterocycles. The lowest BCUT2D eigenvalue weighted by Crippen LogP contribution is -2.57. The summed E-state index contributed by atoms with van der Waals surface area (Å²) in [4.78, 5) is 29.1. The number of imidazole rings is 1. The minimum atomic E-state index is -0.520. The largest absolute Gasteiger partial charge is 0.458 e. The number of aryl methyl sites for hydroxylation is 1. The van der Waals surface area contributed by atoms with Crippen LogP contribution in [0.3, 0.4) is 0 Å². The number of likely N-dealkylation sites (tertiary alicyclic amines) is 1. The van der Waals surface area contributed by atoms with Gasteiger partial charge in [-0.2, -0.15) is 15.0 Å². The molecule has 0 aliphatic carbocycles. The number of carbonyl (C=O) groups is 1. The zero-order chi connectivity index (χ0) is 20.8. The summed E-state index contributed by atoms with van der Waals surface area (Å²) in [6.07, 6.45) is -0.497. The van der Waals surface area contributed by atoms with E-state index >= 15 is 0 Å². The van der Waals surface area contributed by atoms with E-state index in [1.165, 1.54) is 0 Å². The molecule has 0 saturated carbocycles. The SMILES string of the molecule is Cn1c(OC2CN(C(=O)OC(C)(C)C)C2)nc2c(N3CCOCC3)nc(Cl)nc21. The molecule has 0 radical (unpaired) electrons. The number of ether oxygens (including phenoxy) is 3. The highest BCUT2D eigenvalue weighted by molar-refractivity contribution is 6.28. The lowest BCUT2D eigenvalue weighted by atomic mass is 10.2. The predicted molar refractivity (Wildman–Crippen MR) is 107 cm³/mol. The molecular weight excluding hydrogens is 400 g/mol. The van der Waals surface area contributed by atoms with Gasteiger partial charge < -0.3 is 24.0 Å². The molecule has 0 atom stereocenters. The molecule has 4 rings (SSSR count). The summed E-state index contributed by atoms with van der Waals surface area (Å²) in [5, 5.41) is 0.160. The van der Waals surface area contributed by atoms with Crippen molar-refractivity contribution in [3.05, 3.63) is 5.28 Å². The zero-order valence-corrected chi connectivity index (χ0v) is 17.8. The molecule has 2 aliphatic rings. The summed E-state index contributed by atoms with van der Waals surface area (Å²) in [6, 6.07) is 0.417. The number of morpholine rings is 1. The van der Waals surface area contributed by atoms with Crippen LogP contribution in [0.25, 0.3) is 11.2 Å². The van der Waals surface area contributed by atoms with Crippen molar-refractivity contribution in [2.45, 2.75) is 32.5 Å². The Bertz CT molecular complexity index is 915. The fraction of sp³-hybridized carbons (Fsp3) is 0.667. The topological polar surface area (TPSA) is 94.8 Å². The number of halogens is 1.